The van der Waals surface area contributed by atoms with Gasteiger partial charge in [-0.3, -0.25) is 0 Å². The van der Waals surface area contributed by atoms with Crippen LogP contribution in [0.1, 0.15) is 11.1 Å². The van der Waals surface area contributed by atoms with Crippen LogP contribution in [0, 0.1) is 6.92 Å². The molecule has 0 atom stereocenters. The first kappa shape index (κ1) is 10.6. The van der Waals surface area contributed by atoms with Gasteiger partial charge in [-0.1, -0.05) is 24.3 Å². The van der Waals surface area contributed by atoms with Gasteiger partial charge >= 0.3 is 0 Å². The number of anilines is 1. The monoisotopic (exact) mass is 216 g/mol. The number of nitrogen functional groups attached to an aromatic ring is 1. The molecule has 2 nitrogen and oxygen atoms in total. The predicted molar refractivity (Wildman–Crippen MR) is 63.6 cm³/mol. The second kappa shape index (κ2) is 4.31. The van der Waals surface area contributed by atoms with Crippen LogP contribution in [-0.2, 0) is 6.67 Å². The molecule has 0 radical (unpaired) electrons. The topological polar surface area (TPSA) is 38.9 Å². The zero-order chi connectivity index (χ0) is 11.5. The number of nitrogens with two attached hydrogens (primary N) is 1. The average Bonchev–Trinajstić information content (AvgIpc) is 2.29. The van der Waals surface area contributed by atoms with Crippen LogP contribution in [0.4, 0.5) is 10.2 Å². The van der Waals surface area contributed by atoms with Crippen LogP contribution in [0.5, 0.6) is 0 Å². The van der Waals surface area contributed by atoms with Gasteiger partial charge in [0.05, 0.1) is 0 Å². The number of hydrogen-bond donors (Lipinski definition) is 1. The summed E-state index contributed by atoms with van der Waals surface area (Å²) in [5.41, 5.74) is 9.07. The van der Waals surface area contributed by atoms with Gasteiger partial charge in [0.25, 0.3) is 0 Å². The lowest BCUT2D eigenvalue weighted by molar-refractivity contribution is 0.486. The van der Waals surface area contributed by atoms with Crippen LogP contribution >= 0.6 is 0 Å². The molecular formula is C13H13FN2. The molecule has 2 rings (SSSR count). The van der Waals surface area contributed by atoms with E-state index < -0.39 is 6.67 Å². The van der Waals surface area contributed by atoms with E-state index in [1.165, 1.54) is 0 Å². The van der Waals surface area contributed by atoms with E-state index >= 15 is 0 Å². The maximum absolute atomic E-state index is 12.9. The van der Waals surface area contributed by atoms with Crippen LogP contribution in [0.3, 0.4) is 0 Å². The third kappa shape index (κ3) is 1.76. The van der Waals surface area contributed by atoms with E-state index in [1.54, 1.807) is 12.3 Å². The Hall–Kier alpha value is -1.90. The van der Waals surface area contributed by atoms with Crippen molar-refractivity contribution in [1.29, 1.82) is 0 Å². The van der Waals surface area contributed by atoms with Crippen LogP contribution in [0.25, 0.3) is 11.1 Å². The lowest BCUT2D eigenvalue weighted by Crippen LogP contribution is -1.99. The largest absolute Gasteiger partial charge is 0.383 e. The van der Waals surface area contributed by atoms with Gasteiger partial charge in [0.1, 0.15) is 12.5 Å². The lowest BCUT2D eigenvalue weighted by atomic mass is 9.97. The highest BCUT2D eigenvalue weighted by Crippen LogP contribution is 2.29. The molecule has 0 amide bonds. The summed E-state index contributed by atoms with van der Waals surface area (Å²) < 4.78 is 12.9. The zero-order valence-corrected chi connectivity index (χ0v) is 9.07. The molecular weight excluding hydrogens is 203 g/mol. The Morgan fingerprint density at radius 2 is 1.94 bits per heavy atom. The van der Waals surface area contributed by atoms with E-state index in [2.05, 4.69) is 4.98 Å². The summed E-state index contributed by atoms with van der Waals surface area (Å²) in [7, 11) is 0. The minimum atomic E-state index is -0.594. The minimum absolute atomic E-state index is 0.267. The molecule has 0 aliphatic rings. The number of aromatic nitrogens is 1. The normalized spacial score (nSPS) is 10.4. The fourth-order valence-electron chi connectivity index (χ4n) is 1.78. The average molecular weight is 216 g/mol. The maximum atomic E-state index is 12.9. The van der Waals surface area contributed by atoms with E-state index in [0.717, 1.165) is 16.7 Å². The van der Waals surface area contributed by atoms with E-state index in [1.807, 2.05) is 31.2 Å². The number of aryl methyl sites for hydroxylation is 1. The van der Waals surface area contributed by atoms with Gasteiger partial charge in [-0.05, 0) is 29.7 Å². The Balaban J connectivity index is 2.65. The predicted octanol–water partition coefficient (Wildman–Crippen LogP) is 3.11. The number of rotatable bonds is 2. The van der Waals surface area contributed by atoms with Crippen LogP contribution in [0.15, 0.2) is 36.5 Å². The molecule has 0 saturated carbocycles. The van der Waals surface area contributed by atoms with Gasteiger partial charge < -0.3 is 5.73 Å². The Bertz CT molecular complexity index is 509. The molecule has 0 unspecified atom stereocenters. The molecule has 0 aliphatic carbocycles. The first-order valence-electron chi connectivity index (χ1n) is 5.09. The Labute approximate surface area is 93.9 Å². The smallest absolute Gasteiger partial charge is 0.129 e. The summed E-state index contributed by atoms with van der Waals surface area (Å²) in [6, 6.07) is 9.64. The Kier molecular flexibility index (Phi) is 2.86. The fraction of sp³-hybridized carbons (Fsp3) is 0.154. The Morgan fingerprint density at radius 1 is 1.19 bits per heavy atom. The first-order valence-corrected chi connectivity index (χ1v) is 5.09. The second-order valence-electron chi connectivity index (χ2n) is 3.67. The molecule has 1 aromatic carbocycles. The van der Waals surface area contributed by atoms with Gasteiger partial charge in [-0.25, -0.2) is 9.37 Å². The van der Waals surface area contributed by atoms with Gasteiger partial charge in [-0.2, -0.15) is 0 Å². The first-order chi connectivity index (χ1) is 7.74. The number of nitrogens with zero attached hydrogens (tertiary/aromatic N) is 1. The third-order valence-corrected chi connectivity index (χ3v) is 2.66. The molecule has 0 aliphatic heterocycles. The number of hydrogen-bond acceptors (Lipinski definition) is 2. The molecule has 1 heterocycles. The van der Waals surface area contributed by atoms with Gasteiger partial charge in [0, 0.05) is 11.8 Å². The molecule has 16 heavy (non-hydrogen) atoms. The van der Waals surface area contributed by atoms with Crippen molar-refractivity contribution in [3.05, 3.63) is 47.7 Å². The van der Waals surface area contributed by atoms with Crippen molar-refractivity contribution in [3.8, 4) is 11.1 Å². The summed E-state index contributed by atoms with van der Waals surface area (Å²) in [5, 5.41) is 0. The third-order valence-electron chi connectivity index (χ3n) is 2.66. The molecule has 1 aromatic heterocycles. The van der Waals surface area contributed by atoms with Crippen molar-refractivity contribution in [2.75, 3.05) is 5.73 Å². The number of alkyl halides is 1. The molecule has 3 heteroatoms. The van der Waals surface area contributed by atoms with Crippen LogP contribution in [0.2, 0.25) is 0 Å². The Morgan fingerprint density at radius 3 is 2.62 bits per heavy atom. The molecule has 2 aromatic rings. The van der Waals surface area contributed by atoms with Gasteiger partial charge in [0.15, 0.2) is 0 Å². The number of halogens is 1. The lowest BCUT2D eigenvalue weighted by Gasteiger charge is -2.10. The highest BCUT2D eigenvalue weighted by Gasteiger charge is 2.10. The number of pyridine rings is 1. The van der Waals surface area contributed by atoms with E-state index in [-0.39, 0.29) is 5.82 Å². The molecule has 0 bridgehead atoms. The summed E-state index contributed by atoms with van der Waals surface area (Å²) >= 11 is 0. The quantitative estimate of drug-likeness (QED) is 0.837. The zero-order valence-electron chi connectivity index (χ0n) is 9.07. The molecule has 0 spiro atoms. The summed E-state index contributed by atoms with van der Waals surface area (Å²) in [5.74, 6) is 0.267. The fourth-order valence-corrected chi connectivity index (χ4v) is 1.78. The van der Waals surface area contributed by atoms with E-state index in [4.69, 9.17) is 5.73 Å². The standard InChI is InChI=1S/C13H13FN2/c1-9-4-2-3-5-10(9)11-6-7-16-13(15)12(11)8-14/h2-7H,8H2,1H3,(H2,15,16). The van der Waals surface area contributed by atoms with Crippen molar-refractivity contribution in [3.63, 3.8) is 0 Å². The van der Waals surface area contributed by atoms with Crippen LogP contribution in [-0.4, -0.2) is 4.98 Å². The summed E-state index contributed by atoms with van der Waals surface area (Å²) in [6.07, 6.45) is 1.61. The summed E-state index contributed by atoms with van der Waals surface area (Å²) in [4.78, 5) is 3.90. The molecule has 0 fully saturated rings. The molecule has 2 N–H and O–H groups in total. The van der Waals surface area contributed by atoms with Crippen molar-refractivity contribution < 1.29 is 4.39 Å². The minimum Gasteiger partial charge on any atom is -0.383 e. The second-order valence-corrected chi connectivity index (χ2v) is 3.67. The van der Waals surface area contributed by atoms with Crippen LogP contribution < -0.4 is 5.73 Å². The van der Waals surface area contributed by atoms with E-state index in [0.29, 0.717) is 5.56 Å². The number of benzene rings is 1. The molecule has 0 saturated heterocycles. The van der Waals surface area contributed by atoms with E-state index in [9.17, 15) is 4.39 Å². The highest BCUT2D eigenvalue weighted by atomic mass is 19.1. The van der Waals surface area contributed by atoms with Crippen molar-refractivity contribution in [2.24, 2.45) is 0 Å². The SMILES string of the molecule is Cc1ccccc1-c1ccnc(N)c1CF. The summed E-state index contributed by atoms with van der Waals surface area (Å²) in [6.45, 7) is 1.40. The molecule has 82 valence electrons. The van der Waals surface area contributed by atoms with Crippen molar-refractivity contribution >= 4 is 5.82 Å². The maximum Gasteiger partial charge on any atom is 0.129 e. The van der Waals surface area contributed by atoms with Crippen molar-refractivity contribution in [1.82, 2.24) is 4.98 Å². The highest BCUT2D eigenvalue weighted by molar-refractivity contribution is 5.73. The van der Waals surface area contributed by atoms with Crippen molar-refractivity contribution in [2.45, 2.75) is 13.6 Å². The van der Waals surface area contributed by atoms with Gasteiger partial charge in [0.2, 0.25) is 0 Å². The van der Waals surface area contributed by atoms with Gasteiger partial charge in [-0.15, -0.1) is 0 Å².